The Morgan fingerprint density at radius 3 is 2.20 bits per heavy atom. The van der Waals surface area contributed by atoms with Gasteiger partial charge in [0.05, 0.1) is 43.1 Å². The minimum absolute atomic E-state index is 0.0209. The summed E-state index contributed by atoms with van der Waals surface area (Å²) in [6.45, 7) is 5.94. The van der Waals surface area contributed by atoms with E-state index >= 15 is 0 Å². The largest absolute Gasteiger partial charge is 0.496 e. The predicted octanol–water partition coefficient (Wildman–Crippen LogP) is 8.88. The van der Waals surface area contributed by atoms with Crippen molar-refractivity contribution in [2.45, 2.75) is 77.2 Å². The number of amides is 2. The molecule has 0 unspecified atom stereocenters. The standard InChI is InChI=1S/C45H53N5O9S/c1-45(2,3)29-25-37(42(58-5)38(26-29)50-60(6,55)56)49-44(54)48-36-19-20-40(33-14-12-11-13-32(33)36)59-31-21-22-47-30(27-31)23-28-17-18-34(41(24-28)57-4)39(51)16-10-8-7-9-15-35(46)43(52)53/h11-14,17-22,24-27,35,50H,7-10,15-16,23,46H2,1-6H3,(H,52,53)(H2,48,49,54)/t35-/m1/s1. The monoisotopic (exact) mass is 839 g/mol. The van der Waals surface area contributed by atoms with Crippen molar-refractivity contribution in [3.05, 3.63) is 107 Å². The first-order valence-electron chi connectivity index (χ1n) is 19.6. The Morgan fingerprint density at radius 1 is 0.817 bits per heavy atom. The molecule has 6 N–H and O–H groups in total. The fraction of sp³-hybridized carbons (Fsp3) is 0.333. The highest BCUT2D eigenvalue weighted by Crippen LogP contribution is 2.40. The zero-order valence-electron chi connectivity index (χ0n) is 34.8. The maximum Gasteiger partial charge on any atom is 0.323 e. The molecular formula is C45H53N5O9S. The van der Waals surface area contributed by atoms with Crippen LogP contribution in [0.3, 0.4) is 0 Å². The zero-order valence-corrected chi connectivity index (χ0v) is 35.6. The number of sulfonamides is 1. The number of carbonyl (C=O) groups excluding carboxylic acids is 2. The van der Waals surface area contributed by atoms with Gasteiger partial charge in [0.15, 0.2) is 11.5 Å². The van der Waals surface area contributed by atoms with Gasteiger partial charge in [0.2, 0.25) is 10.0 Å². The number of carbonyl (C=O) groups is 3. The number of nitrogens with two attached hydrogens (primary N) is 1. The molecule has 0 aliphatic rings. The number of rotatable bonds is 19. The van der Waals surface area contributed by atoms with Gasteiger partial charge in [-0.1, -0.05) is 70.4 Å². The van der Waals surface area contributed by atoms with E-state index in [1.807, 2.05) is 63.2 Å². The molecule has 1 heterocycles. The molecule has 318 valence electrons. The van der Waals surface area contributed by atoms with E-state index in [2.05, 4.69) is 20.3 Å². The fourth-order valence-corrected chi connectivity index (χ4v) is 7.24. The van der Waals surface area contributed by atoms with Crippen LogP contribution in [-0.2, 0) is 26.7 Å². The molecule has 60 heavy (non-hydrogen) atoms. The molecule has 5 aromatic rings. The minimum atomic E-state index is -3.65. The number of hydrogen-bond donors (Lipinski definition) is 5. The summed E-state index contributed by atoms with van der Waals surface area (Å²) in [5.74, 6) is 0.734. The first-order chi connectivity index (χ1) is 28.4. The van der Waals surface area contributed by atoms with E-state index in [4.69, 9.17) is 25.1 Å². The summed E-state index contributed by atoms with van der Waals surface area (Å²) in [5, 5.41) is 16.1. The number of fused-ring (bicyclic) bond motifs is 1. The van der Waals surface area contributed by atoms with Gasteiger partial charge in [0.25, 0.3) is 0 Å². The number of carboxylic acids is 1. The highest BCUT2D eigenvalue weighted by Gasteiger charge is 2.23. The second-order valence-electron chi connectivity index (χ2n) is 15.6. The molecule has 2 amide bonds. The van der Waals surface area contributed by atoms with Crippen LogP contribution in [0.1, 0.15) is 86.5 Å². The Balaban J connectivity index is 1.27. The van der Waals surface area contributed by atoms with Gasteiger partial charge in [-0.25, -0.2) is 13.2 Å². The van der Waals surface area contributed by atoms with Crippen LogP contribution in [0.15, 0.2) is 85.1 Å². The van der Waals surface area contributed by atoms with E-state index in [1.165, 1.54) is 14.2 Å². The quantitative estimate of drug-likeness (QED) is 0.0392. The fourth-order valence-electron chi connectivity index (χ4n) is 6.69. The first-order valence-corrected chi connectivity index (χ1v) is 21.5. The minimum Gasteiger partial charge on any atom is -0.496 e. The van der Waals surface area contributed by atoms with Crippen LogP contribution in [0.4, 0.5) is 21.9 Å². The number of ketones is 1. The Hall–Kier alpha value is -6.19. The lowest BCUT2D eigenvalue weighted by molar-refractivity contribution is -0.138. The van der Waals surface area contributed by atoms with E-state index in [0.29, 0.717) is 60.6 Å². The van der Waals surface area contributed by atoms with Gasteiger partial charge in [-0.3, -0.25) is 19.3 Å². The number of urea groups is 1. The SMILES string of the molecule is COc1cc(Cc2cc(Oc3ccc(NC(=O)Nc4cc(C(C)(C)C)cc(NS(C)(=O)=O)c4OC)c4ccccc34)ccn2)ccc1C(=O)CCCCCC[C@@H](N)C(=O)O. The lowest BCUT2D eigenvalue weighted by Gasteiger charge is -2.24. The van der Waals surface area contributed by atoms with Crippen molar-refractivity contribution < 1.29 is 42.1 Å². The smallest absolute Gasteiger partial charge is 0.323 e. The summed E-state index contributed by atoms with van der Waals surface area (Å²) >= 11 is 0. The van der Waals surface area contributed by atoms with Gasteiger partial charge >= 0.3 is 12.0 Å². The van der Waals surface area contributed by atoms with Gasteiger partial charge in [0.1, 0.15) is 23.3 Å². The van der Waals surface area contributed by atoms with Gasteiger partial charge in [-0.05, 0) is 71.8 Å². The van der Waals surface area contributed by atoms with Gasteiger partial charge in [0, 0.05) is 41.6 Å². The average molecular weight is 840 g/mol. The first kappa shape index (κ1) is 44.9. The van der Waals surface area contributed by atoms with E-state index in [1.54, 1.807) is 42.6 Å². The van der Waals surface area contributed by atoms with Crippen LogP contribution < -0.4 is 35.3 Å². The molecular weight excluding hydrogens is 787 g/mol. The normalized spacial score (nSPS) is 12.1. The third kappa shape index (κ3) is 12.2. The lowest BCUT2D eigenvalue weighted by Crippen LogP contribution is -2.29. The number of hydrogen-bond acceptors (Lipinski definition) is 10. The number of ether oxygens (including phenoxy) is 3. The number of carboxylic acid groups (broad SMARTS) is 1. The summed E-state index contributed by atoms with van der Waals surface area (Å²) in [6.07, 6.45) is 6.93. The molecule has 1 aromatic heterocycles. The molecule has 1 atom stereocenters. The third-order valence-corrected chi connectivity index (χ3v) is 10.4. The van der Waals surface area contributed by atoms with Crippen LogP contribution in [-0.4, -0.2) is 62.8 Å². The van der Waals surface area contributed by atoms with Crippen molar-refractivity contribution in [3.63, 3.8) is 0 Å². The summed E-state index contributed by atoms with van der Waals surface area (Å²) in [5.41, 5.74) is 9.11. The van der Waals surface area contributed by atoms with Crippen molar-refractivity contribution >= 4 is 55.6 Å². The molecule has 0 aliphatic carbocycles. The summed E-state index contributed by atoms with van der Waals surface area (Å²) in [6, 6.07) is 22.1. The molecule has 15 heteroatoms. The molecule has 0 saturated carbocycles. The topological polar surface area (TPSA) is 208 Å². The highest BCUT2D eigenvalue weighted by atomic mass is 32.2. The molecule has 0 fully saturated rings. The number of Topliss-reactive ketones (excluding diaryl/α,β-unsaturated/α-hetero) is 1. The van der Waals surface area contributed by atoms with Gasteiger partial charge in [-0.15, -0.1) is 0 Å². The average Bonchev–Trinajstić information content (AvgIpc) is 3.19. The summed E-state index contributed by atoms with van der Waals surface area (Å²) < 4.78 is 44.4. The number of aromatic nitrogens is 1. The molecule has 0 saturated heterocycles. The number of unbranched alkanes of at least 4 members (excludes halogenated alkanes) is 3. The number of anilines is 3. The summed E-state index contributed by atoms with van der Waals surface area (Å²) in [7, 11) is -0.714. The lowest BCUT2D eigenvalue weighted by atomic mass is 9.86. The molecule has 5 rings (SSSR count). The van der Waals surface area contributed by atoms with E-state index in [9.17, 15) is 22.8 Å². The second kappa shape index (κ2) is 19.7. The van der Waals surface area contributed by atoms with Gasteiger partial charge in [-0.2, -0.15) is 0 Å². The number of benzene rings is 4. The number of pyridine rings is 1. The van der Waals surface area contributed by atoms with Crippen molar-refractivity contribution in [2.24, 2.45) is 5.73 Å². The Morgan fingerprint density at radius 2 is 1.52 bits per heavy atom. The van der Waals surface area contributed by atoms with Crippen LogP contribution in [0.25, 0.3) is 10.8 Å². The van der Waals surface area contributed by atoms with E-state index < -0.39 is 28.1 Å². The number of aliphatic carboxylic acids is 1. The van der Waals surface area contributed by atoms with Crippen LogP contribution in [0.5, 0.6) is 23.0 Å². The molecule has 4 aromatic carbocycles. The Kier molecular flexibility index (Phi) is 14.7. The molecule has 0 aliphatic heterocycles. The van der Waals surface area contributed by atoms with Crippen LogP contribution >= 0.6 is 0 Å². The third-order valence-electron chi connectivity index (χ3n) is 9.79. The van der Waals surface area contributed by atoms with Crippen molar-refractivity contribution in [3.8, 4) is 23.0 Å². The number of methoxy groups -OCH3 is 2. The Bertz CT molecular complexity index is 2470. The maximum atomic E-state index is 13.5. The predicted molar refractivity (Wildman–Crippen MR) is 235 cm³/mol. The van der Waals surface area contributed by atoms with Gasteiger partial charge < -0.3 is 35.7 Å². The molecule has 14 nitrogen and oxygen atoms in total. The number of nitrogens with one attached hydrogen (secondary N) is 3. The Labute approximate surface area is 350 Å². The summed E-state index contributed by atoms with van der Waals surface area (Å²) in [4.78, 5) is 42.0. The van der Waals surface area contributed by atoms with Crippen molar-refractivity contribution in [1.82, 2.24) is 4.98 Å². The number of nitrogens with zero attached hydrogens (tertiary/aromatic N) is 1. The second-order valence-corrected chi connectivity index (χ2v) is 17.3. The van der Waals surface area contributed by atoms with Crippen molar-refractivity contribution in [1.29, 1.82) is 0 Å². The van der Waals surface area contributed by atoms with Crippen LogP contribution in [0.2, 0.25) is 0 Å². The maximum absolute atomic E-state index is 13.5. The van der Waals surface area contributed by atoms with E-state index in [0.717, 1.165) is 46.7 Å². The molecule has 0 spiro atoms. The van der Waals surface area contributed by atoms with Crippen LogP contribution in [0, 0.1) is 0 Å². The highest BCUT2D eigenvalue weighted by molar-refractivity contribution is 7.92. The van der Waals surface area contributed by atoms with E-state index in [-0.39, 0.29) is 28.3 Å². The molecule has 0 radical (unpaired) electrons. The zero-order chi connectivity index (χ0) is 43.6. The molecule has 0 bridgehead atoms. The van der Waals surface area contributed by atoms with Crippen molar-refractivity contribution in [2.75, 3.05) is 35.8 Å².